The van der Waals surface area contributed by atoms with E-state index in [1.807, 2.05) is 11.7 Å². The minimum absolute atomic E-state index is 0.763. The quantitative estimate of drug-likeness (QED) is 0.844. The van der Waals surface area contributed by atoms with Crippen molar-refractivity contribution < 1.29 is 4.74 Å². The van der Waals surface area contributed by atoms with Crippen molar-refractivity contribution in [3.8, 4) is 11.3 Å². The van der Waals surface area contributed by atoms with Gasteiger partial charge in [-0.3, -0.25) is 9.58 Å². The van der Waals surface area contributed by atoms with Crippen LogP contribution in [0.4, 0.5) is 0 Å². The summed E-state index contributed by atoms with van der Waals surface area (Å²) in [5.41, 5.74) is 5.19. The second-order valence-corrected chi connectivity index (χ2v) is 7.52. The Hall–Kier alpha value is -1.65. The molecular weight excluding hydrogens is 310 g/mol. The first-order valence-corrected chi connectivity index (χ1v) is 9.72. The molecule has 4 nitrogen and oxygen atoms in total. The van der Waals surface area contributed by atoms with Crippen LogP contribution in [0.5, 0.6) is 0 Å². The number of hydrogen-bond donors (Lipinski definition) is 0. The van der Waals surface area contributed by atoms with E-state index in [1.165, 1.54) is 48.8 Å². The molecule has 134 valence electrons. The third kappa shape index (κ3) is 3.96. The van der Waals surface area contributed by atoms with E-state index in [4.69, 9.17) is 9.84 Å². The van der Waals surface area contributed by atoms with Crippen molar-refractivity contribution in [3.63, 3.8) is 0 Å². The molecule has 2 heterocycles. The highest BCUT2D eigenvalue weighted by Gasteiger charge is 2.18. The molecule has 0 atom stereocenters. The molecule has 1 aliphatic carbocycles. The first-order valence-electron chi connectivity index (χ1n) is 9.72. The van der Waals surface area contributed by atoms with Crippen molar-refractivity contribution in [2.45, 2.75) is 44.6 Å². The molecule has 0 amide bonds. The highest BCUT2D eigenvalue weighted by Crippen LogP contribution is 2.34. The molecule has 1 aromatic carbocycles. The van der Waals surface area contributed by atoms with Gasteiger partial charge >= 0.3 is 0 Å². The lowest BCUT2D eigenvalue weighted by Gasteiger charge is -2.26. The van der Waals surface area contributed by atoms with E-state index in [9.17, 15) is 0 Å². The SMILES string of the molecule is Cn1cc(CN2CCOCC2)c(-c2ccc(C3CCCCC3)cc2)n1. The van der Waals surface area contributed by atoms with Crippen LogP contribution in [-0.2, 0) is 18.3 Å². The third-order valence-corrected chi connectivity index (χ3v) is 5.66. The fraction of sp³-hybridized carbons (Fsp3) is 0.571. The molecule has 0 spiro atoms. The number of ether oxygens (including phenoxy) is 1. The maximum atomic E-state index is 5.47. The summed E-state index contributed by atoms with van der Waals surface area (Å²) < 4.78 is 7.41. The van der Waals surface area contributed by atoms with E-state index in [2.05, 4.69) is 35.4 Å². The van der Waals surface area contributed by atoms with Crippen LogP contribution in [0.2, 0.25) is 0 Å². The smallest absolute Gasteiger partial charge is 0.0968 e. The van der Waals surface area contributed by atoms with E-state index in [0.29, 0.717) is 0 Å². The number of aryl methyl sites for hydroxylation is 1. The summed E-state index contributed by atoms with van der Waals surface area (Å²) in [5, 5.41) is 4.75. The lowest BCUT2D eigenvalue weighted by molar-refractivity contribution is 0.0342. The average Bonchev–Trinajstić information content (AvgIpc) is 3.03. The monoisotopic (exact) mass is 339 g/mol. The Balaban J connectivity index is 1.52. The van der Waals surface area contributed by atoms with Gasteiger partial charge in [-0.05, 0) is 24.3 Å². The predicted molar refractivity (Wildman–Crippen MR) is 101 cm³/mol. The summed E-state index contributed by atoms with van der Waals surface area (Å²) >= 11 is 0. The predicted octanol–water partition coefficient (Wildman–Crippen LogP) is 3.97. The number of aromatic nitrogens is 2. The first-order chi connectivity index (χ1) is 12.3. The minimum atomic E-state index is 0.763. The molecule has 0 radical (unpaired) electrons. The molecule has 2 aliphatic rings. The van der Waals surface area contributed by atoms with E-state index in [1.54, 1.807) is 0 Å². The zero-order valence-electron chi connectivity index (χ0n) is 15.3. The topological polar surface area (TPSA) is 30.3 Å². The first kappa shape index (κ1) is 16.8. The van der Waals surface area contributed by atoms with Gasteiger partial charge in [-0.15, -0.1) is 0 Å². The number of hydrogen-bond acceptors (Lipinski definition) is 3. The van der Waals surface area contributed by atoms with Gasteiger partial charge < -0.3 is 4.74 Å². The normalized spacial score (nSPS) is 20.0. The van der Waals surface area contributed by atoms with E-state index in [-0.39, 0.29) is 0 Å². The summed E-state index contributed by atoms with van der Waals surface area (Å²) in [4.78, 5) is 2.46. The number of nitrogens with zero attached hydrogens (tertiary/aromatic N) is 3. The Bertz CT molecular complexity index is 680. The summed E-state index contributed by atoms with van der Waals surface area (Å²) in [7, 11) is 2.02. The zero-order chi connectivity index (χ0) is 17.1. The van der Waals surface area contributed by atoms with Gasteiger partial charge in [-0.2, -0.15) is 5.10 Å². The van der Waals surface area contributed by atoms with Crippen LogP contribution in [-0.4, -0.2) is 41.0 Å². The molecule has 0 bridgehead atoms. The van der Waals surface area contributed by atoms with Crippen molar-refractivity contribution in [2.75, 3.05) is 26.3 Å². The standard InChI is InChI=1S/C21H29N3O/c1-23-15-20(16-24-11-13-25-14-12-24)21(22-23)19-9-7-18(8-10-19)17-5-3-2-4-6-17/h7-10,15,17H,2-6,11-14,16H2,1H3. The van der Waals surface area contributed by atoms with Gasteiger partial charge in [0.1, 0.15) is 0 Å². The number of benzene rings is 1. The van der Waals surface area contributed by atoms with E-state index >= 15 is 0 Å². The van der Waals surface area contributed by atoms with Gasteiger partial charge in [0.25, 0.3) is 0 Å². The van der Waals surface area contributed by atoms with Gasteiger partial charge in [0.2, 0.25) is 0 Å². The maximum absolute atomic E-state index is 5.47. The molecule has 1 aliphatic heterocycles. The second kappa shape index (κ2) is 7.71. The molecule has 2 aromatic rings. The molecule has 0 N–H and O–H groups in total. The summed E-state index contributed by atoms with van der Waals surface area (Å²) in [6.45, 7) is 4.65. The second-order valence-electron chi connectivity index (χ2n) is 7.52. The van der Waals surface area contributed by atoms with Crippen molar-refractivity contribution in [1.29, 1.82) is 0 Å². The van der Waals surface area contributed by atoms with Crippen LogP contribution in [0, 0.1) is 0 Å². The van der Waals surface area contributed by atoms with E-state index < -0.39 is 0 Å². The highest BCUT2D eigenvalue weighted by atomic mass is 16.5. The maximum Gasteiger partial charge on any atom is 0.0968 e. The summed E-state index contributed by atoms with van der Waals surface area (Å²) in [6.07, 6.45) is 9.05. The Morgan fingerprint density at radius 1 is 1.04 bits per heavy atom. The molecule has 1 aromatic heterocycles. The van der Waals surface area contributed by atoms with Gasteiger partial charge in [0.05, 0.1) is 18.9 Å². The fourth-order valence-corrected chi connectivity index (χ4v) is 4.25. The van der Waals surface area contributed by atoms with Crippen molar-refractivity contribution in [2.24, 2.45) is 7.05 Å². The van der Waals surface area contributed by atoms with Crippen molar-refractivity contribution in [3.05, 3.63) is 41.6 Å². The molecule has 1 saturated carbocycles. The largest absolute Gasteiger partial charge is 0.379 e. The Kier molecular flexibility index (Phi) is 5.18. The highest BCUT2D eigenvalue weighted by molar-refractivity contribution is 5.63. The van der Waals surface area contributed by atoms with Crippen LogP contribution in [0.25, 0.3) is 11.3 Å². The van der Waals surface area contributed by atoms with Gasteiger partial charge in [0.15, 0.2) is 0 Å². The van der Waals surface area contributed by atoms with Crippen LogP contribution in [0.15, 0.2) is 30.5 Å². The molecular formula is C21H29N3O. The van der Waals surface area contributed by atoms with Crippen LogP contribution >= 0.6 is 0 Å². The average molecular weight is 339 g/mol. The third-order valence-electron chi connectivity index (χ3n) is 5.66. The van der Waals surface area contributed by atoms with Gasteiger partial charge in [-0.1, -0.05) is 43.5 Å². The molecule has 25 heavy (non-hydrogen) atoms. The summed E-state index contributed by atoms with van der Waals surface area (Å²) in [5.74, 6) is 0.763. The minimum Gasteiger partial charge on any atom is -0.379 e. The van der Waals surface area contributed by atoms with Crippen LogP contribution < -0.4 is 0 Å². The lowest BCUT2D eigenvalue weighted by atomic mass is 9.84. The van der Waals surface area contributed by atoms with Gasteiger partial charge in [-0.25, -0.2) is 0 Å². The molecule has 4 rings (SSSR count). The van der Waals surface area contributed by atoms with E-state index in [0.717, 1.165) is 44.5 Å². The van der Waals surface area contributed by atoms with Crippen LogP contribution in [0.1, 0.15) is 49.1 Å². The lowest BCUT2D eigenvalue weighted by Crippen LogP contribution is -2.35. The number of rotatable bonds is 4. The Morgan fingerprint density at radius 3 is 2.48 bits per heavy atom. The number of morpholine rings is 1. The zero-order valence-corrected chi connectivity index (χ0v) is 15.3. The molecule has 0 unspecified atom stereocenters. The molecule has 1 saturated heterocycles. The van der Waals surface area contributed by atoms with Crippen LogP contribution in [0.3, 0.4) is 0 Å². The van der Waals surface area contributed by atoms with Crippen molar-refractivity contribution >= 4 is 0 Å². The van der Waals surface area contributed by atoms with Crippen molar-refractivity contribution in [1.82, 2.24) is 14.7 Å². The summed E-state index contributed by atoms with van der Waals surface area (Å²) in [6, 6.07) is 9.21. The Morgan fingerprint density at radius 2 is 1.76 bits per heavy atom. The molecule has 2 fully saturated rings. The van der Waals surface area contributed by atoms with Gasteiger partial charge in [0, 0.05) is 44.0 Å². The fourth-order valence-electron chi connectivity index (χ4n) is 4.25. The Labute approximate surface area is 150 Å². The molecule has 4 heteroatoms.